The number of hydrogen-bond donors (Lipinski definition) is 2. The van der Waals surface area contributed by atoms with Crippen molar-refractivity contribution in [1.82, 2.24) is 5.32 Å². The fourth-order valence-electron chi connectivity index (χ4n) is 2.70. The van der Waals surface area contributed by atoms with Crippen LogP contribution in [0.4, 0.5) is 8.78 Å². The lowest BCUT2D eigenvalue weighted by Gasteiger charge is -2.16. The van der Waals surface area contributed by atoms with E-state index in [1.54, 1.807) is 0 Å². The first kappa shape index (κ1) is 17.5. The molecule has 3 aromatic rings. The number of rotatable bonds is 5. The van der Waals surface area contributed by atoms with Crippen molar-refractivity contribution in [2.24, 2.45) is 5.73 Å². The molecule has 0 bridgehead atoms. The number of amides is 2. The molecule has 0 saturated heterocycles. The second-order valence-corrected chi connectivity index (χ2v) is 5.94. The van der Waals surface area contributed by atoms with Crippen molar-refractivity contribution >= 4 is 22.6 Å². The van der Waals surface area contributed by atoms with E-state index in [-0.39, 0.29) is 12.0 Å². The van der Waals surface area contributed by atoms with Crippen LogP contribution in [0, 0.1) is 11.6 Å². The van der Waals surface area contributed by atoms with Gasteiger partial charge in [-0.1, -0.05) is 42.5 Å². The molecule has 0 aromatic heterocycles. The number of primary amides is 1. The summed E-state index contributed by atoms with van der Waals surface area (Å²) in [5, 5.41) is 4.53. The van der Waals surface area contributed by atoms with Gasteiger partial charge in [-0.05, 0) is 34.5 Å². The molecule has 2 amide bonds. The molecule has 0 radical (unpaired) electrons. The van der Waals surface area contributed by atoms with Gasteiger partial charge in [0, 0.05) is 12.0 Å². The van der Waals surface area contributed by atoms with E-state index in [0.29, 0.717) is 0 Å². The van der Waals surface area contributed by atoms with Gasteiger partial charge in [0.05, 0.1) is 0 Å². The number of benzene rings is 3. The van der Waals surface area contributed by atoms with Crippen molar-refractivity contribution in [3.8, 4) is 0 Å². The highest BCUT2D eigenvalue weighted by Gasteiger charge is 2.20. The van der Waals surface area contributed by atoms with Crippen LogP contribution in [0.5, 0.6) is 0 Å². The average Bonchev–Trinajstić information content (AvgIpc) is 2.63. The van der Waals surface area contributed by atoms with Gasteiger partial charge in [0.25, 0.3) is 5.91 Å². The highest BCUT2D eigenvalue weighted by molar-refractivity contribution is 5.97. The van der Waals surface area contributed by atoms with E-state index in [1.807, 2.05) is 42.5 Å². The van der Waals surface area contributed by atoms with Gasteiger partial charge in [0.1, 0.15) is 6.04 Å². The summed E-state index contributed by atoms with van der Waals surface area (Å²) in [6, 6.07) is 15.2. The van der Waals surface area contributed by atoms with Crippen LogP contribution in [0.3, 0.4) is 0 Å². The van der Waals surface area contributed by atoms with E-state index >= 15 is 0 Å². The van der Waals surface area contributed by atoms with E-state index < -0.39 is 29.5 Å². The number of hydrogen-bond acceptors (Lipinski definition) is 2. The van der Waals surface area contributed by atoms with E-state index in [1.165, 1.54) is 0 Å². The third kappa shape index (κ3) is 3.85. The van der Waals surface area contributed by atoms with Crippen LogP contribution in [-0.2, 0) is 11.2 Å². The third-order valence-corrected chi connectivity index (χ3v) is 4.08. The minimum absolute atomic E-state index is 0.0892. The molecule has 0 aliphatic rings. The Bertz CT molecular complexity index is 988. The van der Waals surface area contributed by atoms with Gasteiger partial charge < -0.3 is 11.1 Å². The normalized spacial score (nSPS) is 11.9. The fraction of sp³-hybridized carbons (Fsp3) is 0.100. The third-order valence-electron chi connectivity index (χ3n) is 4.08. The zero-order valence-corrected chi connectivity index (χ0v) is 13.7. The van der Waals surface area contributed by atoms with Crippen molar-refractivity contribution in [2.45, 2.75) is 12.5 Å². The molecule has 3 N–H and O–H groups in total. The van der Waals surface area contributed by atoms with Crippen LogP contribution in [0.2, 0.25) is 0 Å². The summed E-state index contributed by atoms with van der Waals surface area (Å²) >= 11 is 0. The topological polar surface area (TPSA) is 72.2 Å². The number of fused-ring (bicyclic) bond motifs is 1. The molecule has 0 unspecified atom stereocenters. The Morgan fingerprint density at radius 1 is 0.923 bits per heavy atom. The van der Waals surface area contributed by atoms with Gasteiger partial charge in [-0.3, -0.25) is 9.59 Å². The number of halogens is 2. The van der Waals surface area contributed by atoms with Crippen LogP contribution < -0.4 is 11.1 Å². The predicted octanol–water partition coefficient (Wildman–Crippen LogP) is 2.94. The second-order valence-electron chi connectivity index (χ2n) is 5.94. The molecule has 0 saturated carbocycles. The largest absolute Gasteiger partial charge is 0.368 e. The van der Waals surface area contributed by atoms with E-state index in [0.717, 1.165) is 34.5 Å². The Labute approximate surface area is 148 Å². The van der Waals surface area contributed by atoms with Crippen molar-refractivity contribution in [2.75, 3.05) is 0 Å². The number of carbonyl (C=O) groups is 2. The lowest BCUT2D eigenvalue weighted by molar-refractivity contribution is -0.119. The van der Waals surface area contributed by atoms with Gasteiger partial charge in [0.15, 0.2) is 11.6 Å². The Morgan fingerprint density at radius 3 is 2.35 bits per heavy atom. The van der Waals surface area contributed by atoms with Crippen molar-refractivity contribution in [3.05, 3.63) is 83.4 Å². The van der Waals surface area contributed by atoms with Gasteiger partial charge in [-0.25, -0.2) is 8.78 Å². The zero-order valence-electron chi connectivity index (χ0n) is 13.7. The summed E-state index contributed by atoms with van der Waals surface area (Å²) in [5.74, 6) is -3.60. The monoisotopic (exact) mass is 354 g/mol. The molecular formula is C20H16F2N2O2. The van der Waals surface area contributed by atoms with Gasteiger partial charge >= 0.3 is 0 Å². The number of nitrogens with one attached hydrogen (secondary N) is 1. The molecule has 6 heteroatoms. The molecule has 0 spiro atoms. The maximum absolute atomic E-state index is 13.3. The van der Waals surface area contributed by atoms with Crippen LogP contribution in [-0.4, -0.2) is 17.9 Å². The van der Waals surface area contributed by atoms with Gasteiger partial charge in [-0.2, -0.15) is 0 Å². The van der Waals surface area contributed by atoms with Crippen LogP contribution in [0.1, 0.15) is 15.9 Å². The van der Waals surface area contributed by atoms with Crippen molar-refractivity contribution in [1.29, 1.82) is 0 Å². The molecule has 3 rings (SSSR count). The summed E-state index contributed by atoms with van der Waals surface area (Å²) in [4.78, 5) is 23.9. The fourth-order valence-corrected chi connectivity index (χ4v) is 2.70. The maximum atomic E-state index is 13.3. The number of nitrogens with two attached hydrogens (primary N) is 1. The lowest BCUT2D eigenvalue weighted by atomic mass is 10.0. The first-order chi connectivity index (χ1) is 12.4. The Balaban J connectivity index is 1.78. The molecule has 0 heterocycles. The molecule has 132 valence electrons. The van der Waals surface area contributed by atoms with Crippen LogP contribution in [0.25, 0.3) is 10.8 Å². The van der Waals surface area contributed by atoms with Crippen LogP contribution >= 0.6 is 0 Å². The molecule has 1 atom stereocenters. The maximum Gasteiger partial charge on any atom is 0.252 e. The summed E-state index contributed by atoms with van der Waals surface area (Å²) in [5.41, 5.74) is 6.12. The SMILES string of the molecule is NC(=O)[C@@H](Cc1ccc2ccccc2c1)NC(=O)c1ccc(F)c(F)c1. The van der Waals surface area contributed by atoms with Crippen LogP contribution in [0.15, 0.2) is 60.7 Å². The molecule has 4 nitrogen and oxygen atoms in total. The van der Waals surface area contributed by atoms with Crippen molar-refractivity contribution < 1.29 is 18.4 Å². The molecular weight excluding hydrogens is 338 g/mol. The summed E-state index contributed by atoms with van der Waals surface area (Å²) in [7, 11) is 0. The number of carbonyl (C=O) groups excluding carboxylic acids is 2. The highest BCUT2D eigenvalue weighted by atomic mass is 19.2. The zero-order chi connectivity index (χ0) is 18.7. The molecule has 26 heavy (non-hydrogen) atoms. The van der Waals surface area contributed by atoms with Crippen molar-refractivity contribution in [3.63, 3.8) is 0 Å². The Kier molecular flexibility index (Phi) is 4.93. The second kappa shape index (κ2) is 7.31. The van der Waals surface area contributed by atoms with E-state index in [2.05, 4.69) is 5.32 Å². The van der Waals surface area contributed by atoms with Gasteiger partial charge in [-0.15, -0.1) is 0 Å². The minimum atomic E-state index is -1.14. The minimum Gasteiger partial charge on any atom is -0.368 e. The molecule has 0 fully saturated rings. The molecule has 0 aliphatic heterocycles. The Hall–Kier alpha value is -3.28. The molecule has 3 aromatic carbocycles. The smallest absolute Gasteiger partial charge is 0.252 e. The summed E-state index contributed by atoms with van der Waals surface area (Å²) in [6.45, 7) is 0. The molecule has 0 aliphatic carbocycles. The summed E-state index contributed by atoms with van der Waals surface area (Å²) in [6.07, 6.45) is 0.190. The highest BCUT2D eigenvalue weighted by Crippen LogP contribution is 2.17. The first-order valence-corrected chi connectivity index (χ1v) is 7.97. The van der Waals surface area contributed by atoms with Gasteiger partial charge in [0.2, 0.25) is 5.91 Å². The Morgan fingerprint density at radius 2 is 1.65 bits per heavy atom. The van der Waals surface area contributed by atoms with E-state index in [4.69, 9.17) is 5.73 Å². The quantitative estimate of drug-likeness (QED) is 0.739. The average molecular weight is 354 g/mol. The van der Waals surface area contributed by atoms with E-state index in [9.17, 15) is 18.4 Å². The standard InChI is InChI=1S/C20H16F2N2O2/c21-16-8-7-15(11-17(16)22)20(26)24-18(19(23)25)10-12-5-6-13-3-1-2-4-14(13)9-12/h1-9,11,18H,10H2,(H2,23,25)(H,24,26)/t18-/m1/s1. The first-order valence-electron chi connectivity index (χ1n) is 7.97. The predicted molar refractivity (Wildman–Crippen MR) is 94.5 cm³/mol. The lowest BCUT2D eigenvalue weighted by Crippen LogP contribution is -2.45. The summed E-state index contributed by atoms with van der Waals surface area (Å²) < 4.78 is 26.3.